The van der Waals surface area contributed by atoms with Crippen LogP contribution in [0.4, 0.5) is 0 Å². The average molecular weight is 234 g/mol. The lowest BCUT2D eigenvalue weighted by molar-refractivity contribution is 0.112. The fourth-order valence-electron chi connectivity index (χ4n) is 1.46. The van der Waals surface area contributed by atoms with Crippen molar-refractivity contribution in [2.75, 3.05) is 7.11 Å². The van der Waals surface area contributed by atoms with E-state index >= 15 is 0 Å². The van der Waals surface area contributed by atoms with Gasteiger partial charge in [-0.3, -0.25) is 14.7 Å². The molecule has 2 aromatic rings. The molecule has 0 saturated carbocycles. The number of H-pyrrole nitrogens is 1. The van der Waals surface area contributed by atoms with Crippen molar-refractivity contribution >= 4 is 6.29 Å². The van der Waals surface area contributed by atoms with Crippen LogP contribution in [0.1, 0.15) is 10.4 Å². The van der Waals surface area contributed by atoms with Gasteiger partial charge in [0.1, 0.15) is 11.3 Å². The van der Waals surface area contributed by atoms with E-state index in [1.807, 2.05) is 0 Å². The molecule has 0 bridgehead atoms. The first-order valence-corrected chi connectivity index (χ1v) is 4.81. The lowest BCUT2D eigenvalue weighted by Crippen LogP contribution is -2.06. The van der Waals surface area contributed by atoms with Crippen molar-refractivity contribution in [2.24, 2.45) is 0 Å². The summed E-state index contributed by atoms with van der Waals surface area (Å²) >= 11 is 0. The summed E-state index contributed by atoms with van der Waals surface area (Å²) in [6.07, 6.45) is 0.314. The zero-order chi connectivity index (χ0) is 12.4. The van der Waals surface area contributed by atoms with Crippen LogP contribution in [-0.2, 0) is 0 Å². The van der Waals surface area contributed by atoms with Crippen LogP contribution in [0.25, 0.3) is 5.69 Å². The number of carbonyl (C=O) groups excluding carboxylic acids is 1. The monoisotopic (exact) mass is 234 g/mol. The average Bonchev–Trinajstić information content (AvgIpc) is 2.64. The van der Waals surface area contributed by atoms with Crippen LogP contribution >= 0.6 is 0 Å². The van der Waals surface area contributed by atoms with Gasteiger partial charge in [-0.2, -0.15) is 0 Å². The van der Waals surface area contributed by atoms with Crippen molar-refractivity contribution in [3.05, 3.63) is 40.2 Å². The molecule has 1 heterocycles. The number of carbonyl (C=O) groups is 1. The second-order valence-corrected chi connectivity index (χ2v) is 3.33. The van der Waals surface area contributed by atoms with Gasteiger partial charge >= 0.3 is 0 Å². The van der Waals surface area contributed by atoms with Crippen molar-refractivity contribution in [1.82, 2.24) is 9.78 Å². The van der Waals surface area contributed by atoms with E-state index < -0.39 is 11.4 Å². The number of nitrogens with zero attached hydrogens (tertiary/aromatic N) is 1. The third-order valence-corrected chi connectivity index (χ3v) is 2.36. The molecule has 0 aliphatic rings. The summed E-state index contributed by atoms with van der Waals surface area (Å²) in [5.41, 5.74) is -0.400. The van der Waals surface area contributed by atoms with Gasteiger partial charge in [0, 0.05) is 0 Å². The molecule has 1 aromatic carbocycles. The molecule has 17 heavy (non-hydrogen) atoms. The topological polar surface area (TPSA) is 84.3 Å². The van der Waals surface area contributed by atoms with Crippen molar-refractivity contribution in [3.63, 3.8) is 0 Å². The van der Waals surface area contributed by atoms with E-state index in [4.69, 9.17) is 4.74 Å². The van der Waals surface area contributed by atoms with Crippen LogP contribution in [0.2, 0.25) is 0 Å². The molecule has 2 N–H and O–H groups in total. The van der Waals surface area contributed by atoms with Crippen molar-refractivity contribution < 1.29 is 14.6 Å². The van der Waals surface area contributed by atoms with E-state index in [1.54, 1.807) is 24.3 Å². The second-order valence-electron chi connectivity index (χ2n) is 3.33. The van der Waals surface area contributed by atoms with Crippen LogP contribution in [0, 0.1) is 0 Å². The molecule has 2 rings (SSSR count). The molecule has 0 amide bonds. The Labute approximate surface area is 96.1 Å². The summed E-state index contributed by atoms with van der Waals surface area (Å²) in [4.78, 5) is 21.9. The van der Waals surface area contributed by atoms with Gasteiger partial charge in [0.05, 0.1) is 12.8 Å². The maximum Gasteiger partial charge on any atom is 0.279 e. The highest BCUT2D eigenvalue weighted by molar-refractivity contribution is 5.77. The van der Waals surface area contributed by atoms with E-state index in [0.717, 1.165) is 4.68 Å². The number of methoxy groups -OCH3 is 1. The number of aldehydes is 1. The van der Waals surface area contributed by atoms with E-state index in [9.17, 15) is 14.7 Å². The highest BCUT2D eigenvalue weighted by atomic mass is 16.5. The first-order valence-electron chi connectivity index (χ1n) is 4.81. The quantitative estimate of drug-likeness (QED) is 0.765. The number of hydrogen-bond acceptors (Lipinski definition) is 4. The number of aromatic amines is 1. The van der Waals surface area contributed by atoms with Crippen LogP contribution in [0.5, 0.6) is 11.6 Å². The summed E-state index contributed by atoms with van der Waals surface area (Å²) in [6, 6.07) is 6.63. The number of ether oxygens (including phenoxy) is 1. The van der Waals surface area contributed by atoms with Gasteiger partial charge in [0.25, 0.3) is 5.56 Å². The minimum absolute atomic E-state index is 0.291. The van der Waals surface area contributed by atoms with E-state index in [2.05, 4.69) is 5.10 Å². The van der Waals surface area contributed by atoms with Crippen LogP contribution in [0.15, 0.2) is 29.1 Å². The smallest absolute Gasteiger partial charge is 0.279 e. The van der Waals surface area contributed by atoms with Gasteiger partial charge in [-0.1, -0.05) is 0 Å². The predicted molar refractivity (Wildman–Crippen MR) is 60.0 cm³/mol. The maximum absolute atomic E-state index is 11.3. The van der Waals surface area contributed by atoms with Gasteiger partial charge in [0.2, 0.25) is 5.88 Å². The third kappa shape index (κ3) is 1.80. The van der Waals surface area contributed by atoms with Crippen molar-refractivity contribution in [3.8, 4) is 17.3 Å². The third-order valence-electron chi connectivity index (χ3n) is 2.36. The van der Waals surface area contributed by atoms with Crippen molar-refractivity contribution in [1.29, 1.82) is 0 Å². The predicted octanol–water partition coefficient (Wildman–Crippen LogP) is 0.692. The summed E-state index contributed by atoms with van der Waals surface area (Å²) < 4.78 is 6.12. The van der Waals surface area contributed by atoms with Crippen molar-refractivity contribution in [2.45, 2.75) is 0 Å². The number of aromatic nitrogens is 2. The Balaban J connectivity index is 2.53. The number of rotatable bonds is 3. The zero-order valence-corrected chi connectivity index (χ0v) is 9.01. The van der Waals surface area contributed by atoms with Gasteiger partial charge < -0.3 is 9.84 Å². The Morgan fingerprint density at radius 1 is 1.35 bits per heavy atom. The molecule has 0 aliphatic heterocycles. The number of benzene rings is 1. The molecule has 0 saturated heterocycles. The van der Waals surface area contributed by atoms with Crippen LogP contribution < -0.4 is 10.3 Å². The van der Waals surface area contributed by atoms with E-state index in [-0.39, 0.29) is 5.56 Å². The molecule has 0 radical (unpaired) electrons. The zero-order valence-electron chi connectivity index (χ0n) is 9.01. The molecule has 6 nitrogen and oxygen atoms in total. The molecular formula is C11H10N2O4. The molecule has 0 aliphatic carbocycles. The summed E-state index contributed by atoms with van der Waals surface area (Å²) in [7, 11) is 1.54. The highest BCUT2D eigenvalue weighted by Gasteiger charge is 2.13. The van der Waals surface area contributed by atoms with Gasteiger partial charge in [-0.05, 0) is 24.3 Å². The Morgan fingerprint density at radius 2 is 2.00 bits per heavy atom. The Kier molecular flexibility index (Phi) is 2.70. The van der Waals surface area contributed by atoms with Crippen LogP contribution in [-0.4, -0.2) is 28.3 Å². The Bertz CT molecular complexity index is 595. The second kappa shape index (κ2) is 4.17. The maximum atomic E-state index is 11.3. The first kappa shape index (κ1) is 11.0. The number of hydrogen-bond donors (Lipinski definition) is 2. The number of aromatic hydroxyl groups is 1. The minimum Gasteiger partial charge on any atom is -0.497 e. The molecule has 0 atom stereocenters. The standard InChI is InChI=1S/C11H10N2O4/c1-17-8-4-2-7(3-5-8)13-11(16)9(6-14)10(15)12-13/h2-6,16H,1H3,(H,12,15). The normalized spacial score (nSPS) is 10.2. The molecular weight excluding hydrogens is 224 g/mol. The minimum atomic E-state index is -0.631. The van der Waals surface area contributed by atoms with Gasteiger partial charge in [-0.15, -0.1) is 0 Å². The molecule has 0 unspecified atom stereocenters. The summed E-state index contributed by atoms with van der Waals surface area (Å²) in [6.45, 7) is 0. The molecule has 6 heteroatoms. The first-order chi connectivity index (χ1) is 8.17. The summed E-state index contributed by atoms with van der Waals surface area (Å²) in [5, 5.41) is 12.0. The Morgan fingerprint density at radius 3 is 2.47 bits per heavy atom. The van der Waals surface area contributed by atoms with Crippen LogP contribution in [0.3, 0.4) is 0 Å². The fourth-order valence-corrected chi connectivity index (χ4v) is 1.46. The molecule has 0 spiro atoms. The SMILES string of the molecule is COc1ccc(-n2[nH]c(=O)c(C=O)c2O)cc1. The van der Waals surface area contributed by atoms with Gasteiger partial charge in [0.15, 0.2) is 6.29 Å². The van der Waals surface area contributed by atoms with E-state index in [0.29, 0.717) is 17.7 Å². The molecule has 0 fully saturated rings. The van der Waals surface area contributed by atoms with E-state index in [1.165, 1.54) is 7.11 Å². The summed E-state index contributed by atoms with van der Waals surface area (Å²) in [5.74, 6) is 0.244. The largest absolute Gasteiger partial charge is 0.497 e. The lowest BCUT2D eigenvalue weighted by Gasteiger charge is -2.05. The lowest BCUT2D eigenvalue weighted by atomic mass is 10.3. The fraction of sp³-hybridized carbons (Fsp3) is 0.0909. The highest BCUT2D eigenvalue weighted by Crippen LogP contribution is 2.19. The molecule has 1 aromatic heterocycles. The number of nitrogens with one attached hydrogen (secondary N) is 1. The molecule has 88 valence electrons. The van der Waals surface area contributed by atoms with Gasteiger partial charge in [-0.25, -0.2) is 4.68 Å². The Hall–Kier alpha value is -2.50.